The fourth-order valence-electron chi connectivity index (χ4n) is 2.97. The monoisotopic (exact) mass is 345 g/mol. The predicted octanol–water partition coefficient (Wildman–Crippen LogP) is 2.88. The number of para-hydroxylation sites is 2. The van der Waals surface area contributed by atoms with E-state index in [0.29, 0.717) is 5.25 Å². The van der Waals surface area contributed by atoms with Gasteiger partial charge in [0.15, 0.2) is 5.96 Å². The molecule has 6 heteroatoms. The number of aryl methyl sites for hydroxylation is 1. The van der Waals surface area contributed by atoms with Crippen molar-refractivity contribution in [2.75, 3.05) is 25.4 Å². The van der Waals surface area contributed by atoms with Gasteiger partial charge in [0.05, 0.1) is 23.9 Å². The summed E-state index contributed by atoms with van der Waals surface area (Å²) in [4.78, 5) is 9.17. The van der Waals surface area contributed by atoms with Gasteiger partial charge >= 0.3 is 0 Å². The lowest BCUT2D eigenvalue weighted by Gasteiger charge is -2.13. The molecule has 1 fully saturated rings. The van der Waals surface area contributed by atoms with E-state index in [9.17, 15) is 0 Å². The molecule has 3 rings (SSSR count). The van der Waals surface area contributed by atoms with Crippen molar-refractivity contribution < 1.29 is 0 Å². The summed E-state index contributed by atoms with van der Waals surface area (Å²) in [6.45, 7) is 5.81. The highest BCUT2D eigenvalue weighted by Crippen LogP contribution is 2.25. The maximum atomic E-state index is 4.73. The molecule has 130 valence electrons. The van der Waals surface area contributed by atoms with Crippen molar-refractivity contribution in [2.24, 2.45) is 4.99 Å². The maximum Gasteiger partial charge on any atom is 0.191 e. The number of hydrogen-bond donors (Lipinski definition) is 2. The normalized spacial score (nSPS) is 18.2. The maximum absolute atomic E-state index is 4.73. The Hall–Kier alpha value is -1.69. The van der Waals surface area contributed by atoms with Gasteiger partial charge in [-0.1, -0.05) is 12.1 Å². The van der Waals surface area contributed by atoms with Gasteiger partial charge in [0.25, 0.3) is 0 Å². The van der Waals surface area contributed by atoms with E-state index in [2.05, 4.69) is 57.1 Å². The van der Waals surface area contributed by atoms with Crippen LogP contribution in [0.3, 0.4) is 0 Å². The standard InChI is InChI=1S/C18H27N5S/c1-2-19-18(21-13-15-7-5-12-24-15)20-10-6-11-23-14-22-16-8-3-4-9-17(16)23/h3-4,8-9,14-15H,2,5-7,10-13H2,1H3,(H2,19,20,21). The molecule has 2 N–H and O–H groups in total. The molecule has 0 saturated carbocycles. The molecule has 1 aliphatic heterocycles. The van der Waals surface area contributed by atoms with Gasteiger partial charge in [-0.15, -0.1) is 0 Å². The van der Waals surface area contributed by atoms with Crippen LogP contribution in [-0.4, -0.2) is 46.1 Å². The highest BCUT2D eigenvalue weighted by molar-refractivity contribution is 8.00. The van der Waals surface area contributed by atoms with E-state index in [0.717, 1.165) is 44.1 Å². The fraction of sp³-hybridized carbons (Fsp3) is 0.556. The van der Waals surface area contributed by atoms with Crippen molar-refractivity contribution in [1.82, 2.24) is 20.2 Å². The minimum atomic E-state index is 0.706. The Morgan fingerprint density at radius 3 is 3.12 bits per heavy atom. The molecule has 0 amide bonds. The Bertz CT molecular complexity index is 660. The molecule has 5 nitrogen and oxygen atoms in total. The molecular formula is C18H27N5S. The highest BCUT2D eigenvalue weighted by atomic mass is 32.2. The van der Waals surface area contributed by atoms with Crippen LogP contribution in [0.2, 0.25) is 0 Å². The summed E-state index contributed by atoms with van der Waals surface area (Å²) in [6.07, 6.45) is 5.62. The van der Waals surface area contributed by atoms with Crippen molar-refractivity contribution in [3.05, 3.63) is 30.6 Å². The zero-order chi connectivity index (χ0) is 16.6. The van der Waals surface area contributed by atoms with Crippen LogP contribution in [0.5, 0.6) is 0 Å². The molecule has 1 unspecified atom stereocenters. The van der Waals surface area contributed by atoms with Crippen LogP contribution >= 0.6 is 11.8 Å². The fourth-order valence-corrected chi connectivity index (χ4v) is 4.15. The topological polar surface area (TPSA) is 54.2 Å². The minimum absolute atomic E-state index is 0.706. The molecule has 0 radical (unpaired) electrons. The predicted molar refractivity (Wildman–Crippen MR) is 104 cm³/mol. The number of nitrogens with zero attached hydrogens (tertiary/aromatic N) is 3. The first-order chi connectivity index (χ1) is 11.9. The number of nitrogens with one attached hydrogen (secondary N) is 2. The second-order valence-electron chi connectivity index (χ2n) is 6.06. The van der Waals surface area contributed by atoms with Gasteiger partial charge in [-0.05, 0) is 44.1 Å². The van der Waals surface area contributed by atoms with Gasteiger partial charge in [0, 0.05) is 24.9 Å². The first kappa shape index (κ1) is 17.1. The smallest absolute Gasteiger partial charge is 0.191 e. The van der Waals surface area contributed by atoms with Gasteiger partial charge in [-0.3, -0.25) is 4.99 Å². The highest BCUT2D eigenvalue weighted by Gasteiger charge is 2.14. The van der Waals surface area contributed by atoms with Crippen LogP contribution in [0.1, 0.15) is 26.2 Å². The summed E-state index contributed by atoms with van der Waals surface area (Å²) in [6, 6.07) is 8.28. The Kier molecular flexibility index (Phi) is 6.41. The number of fused-ring (bicyclic) bond motifs is 1. The van der Waals surface area contributed by atoms with Crippen molar-refractivity contribution in [1.29, 1.82) is 0 Å². The Labute approximate surface area is 148 Å². The van der Waals surface area contributed by atoms with Crippen LogP contribution in [0.15, 0.2) is 35.6 Å². The largest absolute Gasteiger partial charge is 0.357 e. The van der Waals surface area contributed by atoms with Gasteiger partial charge in [-0.25, -0.2) is 4.98 Å². The van der Waals surface area contributed by atoms with Gasteiger partial charge in [-0.2, -0.15) is 11.8 Å². The van der Waals surface area contributed by atoms with E-state index >= 15 is 0 Å². The molecule has 0 aliphatic carbocycles. The summed E-state index contributed by atoms with van der Waals surface area (Å²) in [5.74, 6) is 2.24. The average molecular weight is 346 g/mol. The lowest BCUT2D eigenvalue weighted by Crippen LogP contribution is -2.38. The summed E-state index contributed by atoms with van der Waals surface area (Å²) in [7, 11) is 0. The molecule has 0 spiro atoms. The second kappa shape index (κ2) is 8.97. The Balaban J connectivity index is 1.45. The number of imidazole rings is 1. The molecule has 2 heterocycles. The SMILES string of the molecule is CCNC(=NCC1CCCS1)NCCCn1cnc2ccccc21. The number of aliphatic imine (C=N–C) groups is 1. The van der Waals surface area contributed by atoms with Crippen LogP contribution < -0.4 is 10.6 Å². The van der Waals surface area contributed by atoms with Crippen molar-refractivity contribution >= 4 is 28.8 Å². The summed E-state index contributed by atoms with van der Waals surface area (Å²) in [5, 5.41) is 7.50. The number of benzene rings is 1. The van der Waals surface area contributed by atoms with Crippen LogP contribution in [0.25, 0.3) is 11.0 Å². The van der Waals surface area contributed by atoms with E-state index in [1.54, 1.807) is 0 Å². The average Bonchev–Trinajstić information content (AvgIpc) is 3.26. The molecule has 2 aromatic rings. The van der Waals surface area contributed by atoms with Crippen LogP contribution in [-0.2, 0) is 6.54 Å². The third-order valence-corrected chi connectivity index (χ3v) is 5.60. The number of thioether (sulfide) groups is 1. The van der Waals surface area contributed by atoms with E-state index in [4.69, 9.17) is 4.99 Å². The number of aromatic nitrogens is 2. The van der Waals surface area contributed by atoms with Crippen molar-refractivity contribution in [2.45, 2.75) is 38.0 Å². The molecule has 0 bridgehead atoms. The van der Waals surface area contributed by atoms with Gasteiger partial charge < -0.3 is 15.2 Å². The lowest BCUT2D eigenvalue weighted by molar-refractivity contribution is 0.636. The van der Waals surface area contributed by atoms with Crippen LogP contribution in [0.4, 0.5) is 0 Å². The molecule has 24 heavy (non-hydrogen) atoms. The molecular weight excluding hydrogens is 318 g/mol. The summed E-state index contributed by atoms with van der Waals surface area (Å²) >= 11 is 2.06. The Morgan fingerprint density at radius 2 is 2.29 bits per heavy atom. The van der Waals surface area contributed by atoms with Crippen LogP contribution in [0, 0.1) is 0 Å². The van der Waals surface area contributed by atoms with E-state index in [1.165, 1.54) is 24.1 Å². The third-order valence-electron chi connectivity index (χ3n) is 4.22. The lowest BCUT2D eigenvalue weighted by atomic mass is 10.2. The van der Waals surface area contributed by atoms with E-state index in [-0.39, 0.29) is 0 Å². The van der Waals surface area contributed by atoms with Gasteiger partial charge in [0.1, 0.15) is 0 Å². The zero-order valence-corrected chi connectivity index (χ0v) is 15.2. The third kappa shape index (κ3) is 4.66. The molecule has 1 aromatic heterocycles. The zero-order valence-electron chi connectivity index (χ0n) is 14.4. The minimum Gasteiger partial charge on any atom is -0.357 e. The number of rotatable bonds is 7. The van der Waals surface area contributed by atoms with E-state index < -0.39 is 0 Å². The van der Waals surface area contributed by atoms with Gasteiger partial charge in [0.2, 0.25) is 0 Å². The molecule has 1 atom stereocenters. The Morgan fingerprint density at radius 1 is 1.38 bits per heavy atom. The number of hydrogen-bond acceptors (Lipinski definition) is 3. The first-order valence-electron chi connectivity index (χ1n) is 8.90. The molecule has 1 aliphatic rings. The first-order valence-corrected chi connectivity index (χ1v) is 9.95. The second-order valence-corrected chi connectivity index (χ2v) is 7.47. The molecule has 1 aromatic carbocycles. The van der Waals surface area contributed by atoms with Crippen molar-refractivity contribution in [3.8, 4) is 0 Å². The molecule has 1 saturated heterocycles. The van der Waals surface area contributed by atoms with E-state index in [1.807, 2.05) is 12.4 Å². The van der Waals surface area contributed by atoms with Crippen molar-refractivity contribution in [3.63, 3.8) is 0 Å². The summed E-state index contributed by atoms with van der Waals surface area (Å²) in [5.41, 5.74) is 2.27. The number of guanidine groups is 1. The summed E-state index contributed by atoms with van der Waals surface area (Å²) < 4.78 is 2.22. The quantitative estimate of drug-likeness (QED) is 0.460.